The fourth-order valence-corrected chi connectivity index (χ4v) is 5.14. The van der Waals surface area contributed by atoms with Crippen LogP contribution in [0.2, 0.25) is 0 Å². The molecule has 0 amide bonds. The summed E-state index contributed by atoms with van der Waals surface area (Å²) in [6.07, 6.45) is 1.80. The van der Waals surface area contributed by atoms with Gasteiger partial charge in [-0.05, 0) is 48.4 Å². The molecule has 1 aliphatic rings. The number of H-pyrrole nitrogens is 1. The number of carbonyl (C=O) groups is 1. The smallest absolute Gasteiger partial charge is 0.307 e. The van der Waals surface area contributed by atoms with Crippen molar-refractivity contribution in [2.24, 2.45) is 0 Å². The summed E-state index contributed by atoms with van der Waals surface area (Å²) in [5.74, 6) is -0.737. The number of carbonyl (C=O) groups excluding carboxylic acids is 1. The van der Waals surface area contributed by atoms with Gasteiger partial charge in [-0.2, -0.15) is 4.31 Å². The average Bonchev–Trinajstić information content (AvgIpc) is 3.18. The fraction of sp³-hybridized carbons (Fsp3) is 0.250. The summed E-state index contributed by atoms with van der Waals surface area (Å²) in [6, 6.07) is 9.70. The molecule has 0 bridgehead atoms. The summed E-state index contributed by atoms with van der Waals surface area (Å²) in [5.41, 5.74) is 3.08. The van der Waals surface area contributed by atoms with Gasteiger partial charge < -0.3 is 9.72 Å². The van der Waals surface area contributed by atoms with Crippen molar-refractivity contribution in [3.05, 3.63) is 54.0 Å². The number of ether oxygens (including phenoxy) is 1. The van der Waals surface area contributed by atoms with Gasteiger partial charge in [0.1, 0.15) is 5.82 Å². The molecule has 1 aromatic heterocycles. The van der Waals surface area contributed by atoms with Crippen molar-refractivity contribution in [1.82, 2.24) is 9.29 Å². The number of esters is 1. The number of nitrogens with one attached hydrogen (secondary N) is 1. The van der Waals surface area contributed by atoms with Crippen molar-refractivity contribution in [2.45, 2.75) is 24.8 Å². The van der Waals surface area contributed by atoms with Crippen LogP contribution in [0, 0.1) is 5.82 Å². The van der Waals surface area contributed by atoms with Crippen LogP contribution >= 0.6 is 0 Å². The molecule has 0 unspecified atom stereocenters. The Labute approximate surface area is 162 Å². The van der Waals surface area contributed by atoms with E-state index < -0.39 is 16.0 Å². The second-order valence-electron chi connectivity index (χ2n) is 6.61. The Morgan fingerprint density at radius 2 is 2.07 bits per heavy atom. The van der Waals surface area contributed by atoms with Crippen LogP contribution in [0.25, 0.3) is 22.0 Å². The number of nitrogens with zero attached hydrogens (tertiary/aromatic N) is 1. The Morgan fingerprint density at radius 1 is 1.25 bits per heavy atom. The van der Waals surface area contributed by atoms with Gasteiger partial charge in [0.05, 0.1) is 17.9 Å². The molecular formula is C20H19FN2O4S. The zero-order chi connectivity index (χ0) is 19.9. The molecule has 4 rings (SSSR count). The second-order valence-corrected chi connectivity index (χ2v) is 8.51. The van der Waals surface area contributed by atoms with E-state index in [-0.39, 0.29) is 36.8 Å². The number of benzene rings is 2. The second kappa shape index (κ2) is 7.03. The number of sulfonamides is 1. The van der Waals surface area contributed by atoms with E-state index in [2.05, 4.69) is 4.98 Å². The lowest BCUT2D eigenvalue weighted by molar-refractivity contribution is -0.143. The highest BCUT2D eigenvalue weighted by Gasteiger charge is 2.34. The van der Waals surface area contributed by atoms with Gasteiger partial charge in [-0.15, -0.1) is 0 Å². The van der Waals surface area contributed by atoms with Gasteiger partial charge in [0.25, 0.3) is 0 Å². The molecule has 2 aromatic carbocycles. The van der Waals surface area contributed by atoms with E-state index in [1.807, 2.05) is 6.07 Å². The molecule has 1 N–H and O–H groups in total. The van der Waals surface area contributed by atoms with Crippen molar-refractivity contribution in [2.75, 3.05) is 13.2 Å². The van der Waals surface area contributed by atoms with Crippen molar-refractivity contribution < 1.29 is 22.3 Å². The van der Waals surface area contributed by atoms with Crippen molar-refractivity contribution in [1.29, 1.82) is 0 Å². The van der Waals surface area contributed by atoms with Gasteiger partial charge in [0.2, 0.25) is 10.0 Å². The van der Waals surface area contributed by atoms with Crippen molar-refractivity contribution in [3.8, 4) is 11.1 Å². The van der Waals surface area contributed by atoms with Crippen LogP contribution in [0.3, 0.4) is 0 Å². The molecule has 0 aliphatic carbocycles. The molecule has 8 heteroatoms. The Bertz CT molecular complexity index is 1170. The summed E-state index contributed by atoms with van der Waals surface area (Å²) in [6.45, 7) is 2.27. The van der Waals surface area contributed by atoms with E-state index in [4.69, 9.17) is 4.74 Å². The Hall–Kier alpha value is -2.71. The van der Waals surface area contributed by atoms with E-state index in [0.717, 1.165) is 16.5 Å². The molecule has 0 fully saturated rings. The Kier molecular flexibility index (Phi) is 4.68. The monoisotopic (exact) mass is 402 g/mol. The number of hydrogen-bond donors (Lipinski definition) is 1. The highest BCUT2D eigenvalue weighted by atomic mass is 32.2. The first-order chi connectivity index (χ1) is 13.4. The third-order valence-electron chi connectivity index (χ3n) is 4.85. The molecule has 6 nitrogen and oxygen atoms in total. The first-order valence-electron chi connectivity index (χ1n) is 8.96. The van der Waals surface area contributed by atoms with Crippen LogP contribution < -0.4 is 0 Å². The highest BCUT2D eigenvalue weighted by Crippen LogP contribution is 2.36. The van der Waals surface area contributed by atoms with E-state index in [0.29, 0.717) is 11.1 Å². The molecule has 0 radical (unpaired) electrons. The van der Waals surface area contributed by atoms with Gasteiger partial charge in [-0.25, -0.2) is 12.8 Å². The van der Waals surface area contributed by atoms with E-state index in [1.54, 1.807) is 31.3 Å². The van der Waals surface area contributed by atoms with E-state index >= 15 is 0 Å². The zero-order valence-corrected chi connectivity index (χ0v) is 16.1. The standard InChI is InChI=1S/C20H19FN2O4S/c1-2-27-20(24)7-8-23-12-14-9-13(3-6-19(14)28(23,25)26)17-11-22-18-10-15(21)4-5-16(17)18/h3-6,9-11,22H,2,7-8,12H2,1H3. The van der Waals surface area contributed by atoms with Gasteiger partial charge in [-0.1, -0.05) is 6.07 Å². The maximum atomic E-state index is 13.4. The third kappa shape index (κ3) is 3.18. The number of aromatic nitrogens is 1. The molecule has 1 aliphatic heterocycles. The van der Waals surface area contributed by atoms with E-state index in [9.17, 15) is 17.6 Å². The minimum Gasteiger partial charge on any atom is -0.466 e. The van der Waals surface area contributed by atoms with Gasteiger partial charge >= 0.3 is 5.97 Å². The van der Waals surface area contributed by atoms with Gasteiger partial charge in [-0.3, -0.25) is 4.79 Å². The summed E-state index contributed by atoms with van der Waals surface area (Å²) in [5, 5.41) is 0.862. The zero-order valence-electron chi connectivity index (χ0n) is 15.2. The van der Waals surface area contributed by atoms with Crippen LogP contribution in [0.15, 0.2) is 47.5 Å². The predicted molar refractivity (Wildman–Crippen MR) is 103 cm³/mol. The Morgan fingerprint density at radius 3 is 2.86 bits per heavy atom. The molecule has 0 saturated carbocycles. The number of halogens is 1. The molecule has 28 heavy (non-hydrogen) atoms. The lowest BCUT2D eigenvalue weighted by atomic mass is 10.0. The largest absolute Gasteiger partial charge is 0.466 e. The number of rotatable bonds is 5. The summed E-state index contributed by atoms with van der Waals surface area (Å²) < 4.78 is 45.0. The van der Waals surface area contributed by atoms with Crippen LogP contribution in [0.5, 0.6) is 0 Å². The minimum atomic E-state index is -3.62. The molecule has 0 atom stereocenters. The van der Waals surface area contributed by atoms with Crippen LogP contribution in [0.1, 0.15) is 18.9 Å². The molecule has 2 heterocycles. The maximum absolute atomic E-state index is 13.4. The quantitative estimate of drug-likeness (QED) is 0.663. The number of fused-ring (bicyclic) bond motifs is 2. The summed E-state index contributed by atoms with van der Waals surface area (Å²) in [4.78, 5) is 14.9. The molecular weight excluding hydrogens is 383 g/mol. The van der Waals surface area contributed by atoms with Crippen molar-refractivity contribution >= 4 is 26.9 Å². The van der Waals surface area contributed by atoms with Gasteiger partial charge in [0.15, 0.2) is 0 Å². The summed E-state index contributed by atoms with van der Waals surface area (Å²) in [7, 11) is -3.62. The first kappa shape index (κ1) is 18.6. The van der Waals surface area contributed by atoms with E-state index in [1.165, 1.54) is 16.4 Å². The number of aromatic amines is 1. The molecule has 0 spiro atoms. The SMILES string of the molecule is CCOC(=O)CCN1Cc2cc(-c3c[nH]c4cc(F)ccc34)ccc2S1(=O)=O. The average molecular weight is 402 g/mol. The summed E-state index contributed by atoms with van der Waals surface area (Å²) >= 11 is 0. The Balaban J connectivity index is 1.64. The highest BCUT2D eigenvalue weighted by molar-refractivity contribution is 7.89. The number of hydrogen-bond acceptors (Lipinski definition) is 4. The molecule has 146 valence electrons. The van der Waals surface area contributed by atoms with Gasteiger partial charge in [0, 0.05) is 35.8 Å². The maximum Gasteiger partial charge on any atom is 0.307 e. The molecule has 3 aromatic rings. The van der Waals surface area contributed by atoms with Crippen molar-refractivity contribution in [3.63, 3.8) is 0 Å². The van der Waals surface area contributed by atoms with Crippen LogP contribution in [-0.4, -0.2) is 36.8 Å². The third-order valence-corrected chi connectivity index (χ3v) is 6.80. The van der Waals surface area contributed by atoms with Crippen LogP contribution in [-0.2, 0) is 26.1 Å². The van der Waals surface area contributed by atoms with Crippen LogP contribution in [0.4, 0.5) is 4.39 Å². The lowest BCUT2D eigenvalue weighted by Crippen LogP contribution is -2.27. The molecule has 0 saturated heterocycles. The fourth-order valence-electron chi connectivity index (χ4n) is 3.52. The lowest BCUT2D eigenvalue weighted by Gasteiger charge is -2.13. The normalized spacial score (nSPS) is 15.6. The predicted octanol–water partition coefficient (Wildman–Crippen LogP) is 3.43. The first-order valence-corrected chi connectivity index (χ1v) is 10.4. The minimum absolute atomic E-state index is 0.0158. The topological polar surface area (TPSA) is 79.5 Å².